The highest BCUT2D eigenvalue weighted by Crippen LogP contribution is 2.37. The predicted octanol–water partition coefficient (Wildman–Crippen LogP) is 4.53. The molecule has 0 atom stereocenters. The van der Waals surface area contributed by atoms with Gasteiger partial charge in [-0.3, -0.25) is 0 Å². The molecule has 0 unspecified atom stereocenters. The topological polar surface area (TPSA) is 44.8 Å². The van der Waals surface area contributed by atoms with Crippen LogP contribution in [0, 0.1) is 19.3 Å². The van der Waals surface area contributed by atoms with Crippen molar-refractivity contribution in [2.45, 2.75) is 20.5 Å². The molecule has 0 amide bonds. The van der Waals surface area contributed by atoms with Crippen LogP contribution in [-0.2, 0) is 11.3 Å². The van der Waals surface area contributed by atoms with Crippen molar-refractivity contribution in [3.05, 3.63) is 57.6 Å². The summed E-state index contributed by atoms with van der Waals surface area (Å²) in [5.74, 6) is 2.77. The molecule has 130 valence electrons. The number of esters is 1. The summed E-state index contributed by atoms with van der Waals surface area (Å²) >= 11 is 3.44. The average Bonchev–Trinajstić information content (AvgIpc) is 2.60. The van der Waals surface area contributed by atoms with Crippen molar-refractivity contribution in [1.29, 1.82) is 0 Å². The number of carbonyl (C=O) groups is 1. The summed E-state index contributed by atoms with van der Waals surface area (Å²) in [4.78, 5) is 12.0. The SMILES string of the molecule is C#CCOC(=O)c1cc(Br)c(OCc2ccccc2C)c(OCC)c1. The number of hydrogen-bond donors (Lipinski definition) is 0. The van der Waals surface area contributed by atoms with Gasteiger partial charge >= 0.3 is 5.97 Å². The molecule has 0 aromatic heterocycles. The Labute approximate surface area is 156 Å². The van der Waals surface area contributed by atoms with Crippen molar-refractivity contribution >= 4 is 21.9 Å². The third-order valence-electron chi connectivity index (χ3n) is 3.46. The van der Waals surface area contributed by atoms with Gasteiger partial charge in [0.05, 0.1) is 16.6 Å². The second kappa shape index (κ2) is 9.14. The van der Waals surface area contributed by atoms with Crippen LogP contribution in [0.2, 0.25) is 0 Å². The Morgan fingerprint density at radius 1 is 1.24 bits per heavy atom. The molecule has 25 heavy (non-hydrogen) atoms. The van der Waals surface area contributed by atoms with Gasteiger partial charge in [0.25, 0.3) is 0 Å². The third-order valence-corrected chi connectivity index (χ3v) is 4.05. The van der Waals surface area contributed by atoms with Crippen LogP contribution < -0.4 is 9.47 Å². The van der Waals surface area contributed by atoms with Crippen LogP contribution >= 0.6 is 15.9 Å². The van der Waals surface area contributed by atoms with Crippen molar-refractivity contribution in [2.24, 2.45) is 0 Å². The molecule has 0 fully saturated rings. The molecule has 2 aromatic carbocycles. The van der Waals surface area contributed by atoms with E-state index < -0.39 is 5.97 Å². The average molecular weight is 403 g/mol. The fourth-order valence-electron chi connectivity index (χ4n) is 2.20. The summed E-state index contributed by atoms with van der Waals surface area (Å²) in [6, 6.07) is 11.2. The first-order chi connectivity index (χ1) is 12.1. The van der Waals surface area contributed by atoms with Crippen LogP contribution in [0.5, 0.6) is 11.5 Å². The normalized spacial score (nSPS) is 10.0. The number of benzene rings is 2. The maximum atomic E-state index is 12.0. The van der Waals surface area contributed by atoms with Crippen LogP contribution in [0.4, 0.5) is 0 Å². The number of terminal acetylenes is 1. The van der Waals surface area contributed by atoms with E-state index in [1.807, 2.05) is 38.1 Å². The first-order valence-electron chi connectivity index (χ1n) is 7.81. The number of hydrogen-bond acceptors (Lipinski definition) is 4. The smallest absolute Gasteiger partial charge is 0.339 e. The number of carbonyl (C=O) groups excluding carboxylic acids is 1. The van der Waals surface area contributed by atoms with Gasteiger partial charge in [-0.1, -0.05) is 30.2 Å². The zero-order chi connectivity index (χ0) is 18.2. The number of rotatable bonds is 7. The molecule has 5 heteroatoms. The van der Waals surface area contributed by atoms with Gasteiger partial charge in [-0.05, 0) is 53.0 Å². The highest BCUT2D eigenvalue weighted by Gasteiger charge is 2.17. The third kappa shape index (κ3) is 5.01. The van der Waals surface area contributed by atoms with Crippen molar-refractivity contribution in [3.63, 3.8) is 0 Å². The summed E-state index contributed by atoms with van der Waals surface area (Å²) < 4.78 is 17.1. The predicted molar refractivity (Wildman–Crippen MR) is 99.9 cm³/mol. The summed E-state index contributed by atoms with van der Waals surface area (Å²) in [6.45, 7) is 4.65. The Kier molecular flexibility index (Phi) is 6.91. The van der Waals surface area contributed by atoms with E-state index in [0.29, 0.717) is 34.7 Å². The van der Waals surface area contributed by atoms with Crippen molar-refractivity contribution in [3.8, 4) is 23.8 Å². The zero-order valence-electron chi connectivity index (χ0n) is 14.2. The minimum atomic E-state index is -0.509. The number of ether oxygens (including phenoxy) is 3. The fourth-order valence-corrected chi connectivity index (χ4v) is 2.76. The molecule has 0 aliphatic carbocycles. The molecule has 0 heterocycles. The molecule has 0 aliphatic heterocycles. The Balaban J connectivity index is 2.26. The summed E-state index contributed by atoms with van der Waals surface area (Å²) in [6.07, 6.45) is 5.11. The van der Waals surface area contributed by atoms with E-state index in [0.717, 1.165) is 11.1 Å². The van der Waals surface area contributed by atoms with E-state index in [4.69, 9.17) is 20.6 Å². The van der Waals surface area contributed by atoms with Crippen molar-refractivity contribution in [2.75, 3.05) is 13.2 Å². The van der Waals surface area contributed by atoms with Crippen LogP contribution in [0.1, 0.15) is 28.4 Å². The molecule has 2 rings (SSSR count). The second-order valence-electron chi connectivity index (χ2n) is 5.21. The highest BCUT2D eigenvalue weighted by molar-refractivity contribution is 9.10. The highest BCUT2D eigenvalue weighted by atomic mass is 79.9. The Morgan fingerprint density at radius 2 is 2.00 bits per heavy atom. The van der Waals surface area contributed by atoms with E-state index in [1.165, 1.54) is 0 Å². The Bertz CT molecular complexity index is 793. The van der Waals surface area contributed by atoms with Gasteiger partial charge in [0.15, 0.2) is 18.1 Å². The number of halogens is 1. The van der Waals surface area contributed by atoms with Crippen LogP contribution in [0.15, 0.2) is 40.9 Å². The lowest BCUT2D eigenvalue weighted by molar-refractivity contribution is 0.0556. The summed E-state index contributed by atoms with van der Waals surface area (Å²) in [5.41, 5.74) is 2.56. The maximum Gasteiger partial charge on any atom is 0.339 e. The molecule has 0 N–H and O–H groups in total. The van der Waals surface area contributed by atoms with E-state index >= 15 is 0 Å². The van der Waals surface area contributed by atoms with Crippen LogP contribution in [0.3, 0.4) is 0 Å². The first-order valence-corrected chi connectivity index (χ1v) is 8.60. The van der Waals surface area contributed by atoms with Gasteiger partial charge in [0.1, 0.15) is 6.61 Å². The van der Waals surface area contributed by atoms with Crippen molar-refractivity contribution in [1.82, 2.24) is 0 Å². The van der Waals surface area contributed by atoms with Crippen LogP contribution in [0.25, 0.3) is 0 Å². The molecule has 0 saturated heterocycles. The Morgan fingerprint density at radius 3 is 2.68 bits per heavy atom. The molecule has 0 aliphatic rings. The van der Waals surface area contributed by atoms with Gasteiger partial charge < -0.3 is 14.2 Å². The first kappa shape index (κ1) is 18.9. The second-order valence-corrected chi connectivity index (χ2v) is 6.07. The minimum Gasteiger partial charge on any atom is -0.490 e. The molecule has 2 aromatic rings. The standard InChI is InChI=1S/C20H19BrO4/c1-4-10-24-20(22)16-11-17(21)19(18(12-16)23-5-2)25-13-15-9-7-6-8-14(15)3/h1,6-9,11-12H,5,10,13H2,2-3H3. The molecule has 0 bridgehead atoms. The van der Waals surface area contributed by atoms with Gasteiger partial charge in [0.2, 0.25) is 0 Å². The largest absolute Gasteiger partial charge is 0.490 e. The quantitative estimate of drug-likeness (QED) is 0.504. The lowest BCUT2D eigenvalue weighted by Crippen LogP contribution is -2.08. The molecule has 0 radical (unpaired) electrons. The van der Waals surface area contributed by atoms with Gasteiger partial charge in [-0.25, -0.2) is 4.79 Å². The minimum absolute atomic E-state index is 0.0774. The van der Waals surface area contributed by atoms with Gasteiger partial charge in [0, 0.05) is 0 Å². The zero-order valence-corrected chi connectivity index (χ0v) is 15.8. The number of aryl methyl sites for hydroxylation is 1. The Hall–Kier alpha value is -2.45. The lowest BCUT2D eigenvalue weighted by atomic mass is 10.1. The molecule has 0 spiro atoms. The fraction of sp³-hybridized carbons (Fsp3) is 0.250. The summed E-state index contributed by atoms with van der Waals surface area (Å²) in [5, 5.41) is 0. The van der Waals surface area contributed by atoms with E-state index in [9.17, 15) is 4.79 Å². The molecule has 4 nitrogen and oxygen atoms in total. The molecule has 0 saturated carbocycles. The van der Waals surface area contributed by atoms with E-state index in [-0.39, 0.29) is 6.61 Å². The lowest BCUT2D eigenvalue weighted by Gasteiger charge is -2.16. The molecular formula is C20H19BrO4. The van der Waals surface area contributed by atoms with Crippen molar-refractivity contribution < 1.29 is 19.0 Å². The van der Waals surface area contributed by atoms with E-state index in [2.05, 4.69) is 21.9 Å². The van der Waals surface area contributed by atoms with Gasteiger partial charge in [-0.15, -0.1) is 6.42 Å². The van der Waals surface area contributed by atoms with Crippen LogP contribution in [-0.4, -0.2) is 19.2 Å². The summed E-state index contributed by atoms with van der Waals surface area (Å²) in [7, 11) is 0. The molecular weight excluding hydrogens is 384 g/mol. The monoisotopic (exact) mass is 402 g/mol. The van der Waals surface area contributed by atoms with Gasteiger partial charge in [-0.2, -0.15) is 0 Å². The van der Waals surface area contributed by atoms with E-state index in [1.54, 1.807) is 12.1 Å². The maximum absolute atomic E-state index is 12.0.